The molecule has 0 spiro atoms. The Hall–Kier alpha value is -1.77. The van der Waals surface area contributed by atoms with Gasteiger partial charge in [0.05, 0.1) is 0 Å². The van der Waals surface area contributed by atoms with Crippen molar-refractivity contribution < 1.29 is 0 Å². The zero-order valence-corrected chi connectivity index (χ0v) is 14.1. The molecule has 0 saturated carbocycles. The van der Waals surface area contributed by atoms with E-state index >= 15 is 0 Å². The highest BCUT2D eigenvalue weighted by atomic mass is 35.5. The molecule has 3 aromatic rings. The number of benzene rings is 2. The minimum absolute atomic E-state index is 0.567. The summed E-state index contributed by atoms with van der Waals surface area (Å²) >= 11 is 6.20. The van der Waals surface area contributed by atoms with Crippen LogP contribution < -0.4 is 0 Å². The summed E-state index contributed by atoms with van der Waals surface area (Å²) in [5, 5.41) is 2.12. The highest BCUT2D eigenvalue weighted by molar-refractivity contribution is 6.31. The molecule has 1 aliphatic heterocycles. The van der Waals surface area contributed by atoms with Gasteiger partial charge < -0.3 is 4.57 Å². The SMILES string of the molecule is CN(Cc1ccccc1)C1CCc2cc3ccc(Cl)cc3n2C1. The van der Waals surface area contributed by atoms with Crippen LogP contribution >= 0.6 is 11.6 Å². The summed E-state index contributed by atoms with van der Waals surface area (Å²) < 4.78 is 2.46. The third-order valence-corrected chi connectivity index (χ3v) is 5.21. The number of nitrogens with zero attached hydrogens (tertiary/aromatic N) is 2. The van der Waals surface area contributed by atoms with Crippen molar-refractivity contribution in [2.24, 2.45) is 0 Å². The van der Waals surface area contributed by atoms with Gasteiger partial charge in [0.1, 0.15) is 0 Å². The van der Waals surface area contributed by atoms with Gasteiger partial charge in [0, 0.05) is 35.4 Å². The molecule has 4 rings (SSSR count). The molecule has 0 saturated heterocycles. The van der Waals surface area contributed by atoms with Gasteiger partial charge in [0.15, 0.2) is 0 Å². The first kappa shape index (κ1) is 14.8. The van der Waals surface area contributed by atoms with Crippen molar-refractivity contribution in [1.29, 1.82) is 0 Å². The topological polar surface area (TPSA) is 8.17 Å². The van der Waals surface area contributed by atoms with Crippen molar-refractivity contribution in [2.45, 2.75) is 32.0 Å². The fraction of sp³-hybridized carbons (Fsp3) is 0.300. The second kappa shape index (κ2) is 6.03. The van der Waals surface area contributed by atoms with Crippen LogP contribution in [0.25, 0.3) is 10.9 Å². The van der Waals surface area contributed by atoms with E-state index in [-0.39, 0.29) is 0 Å². The van der Waals surface area contributed by atoms with Crippen LogP contribution in [0, 0.1) is 0 Å². The zero-order chi connectivity index (χ0) is 15.8. The molecule has 1 unspecified atom stereocenters. The summed E-state index contributed by atoms with van der Waals surface area (Å²) in [7, 11) is 2.24. The van der Waals surface area contributed by atoms with Crippen LogP contribution in [0.5, 0.6) is 0 Å². The van der Waals surface area contributed by atoms with Crippen molar-refractivity contribution in [3.05, 3.63) is 70.9 Å². The number of likely N-dealkylation sites (N-methyl/N-ethyl adjacent to an activating group) is 1. The summed E-state index contributed by atoms with van der Waals surface area (Å²) in [6.07, 6.45) is 2.35. The van der Waals surface area contributed by atoms with Crippen molar-refractivity contribution in [3.63, 3.8) is 0 Å². The van der Waals surface area contributed by atoms with Gasteiger partial charge in [-0.1, -0.05) is 48.0 Å². The van der Waals surface area contributed by atoms with Gasteiger partial charge in [-0.2, -0.15) is 0 Å². The number of aryl methyl sites for hydroxylation is 1. The van der Waals surface area contributed by atoms with Crippen molar-refractivity contribution >= 4 is 22.5 Å². The summed E-state index contributed by atoms with van der Waals surface area (Å²) in [5.41, 5.74) is 4.08. The summed E-state index contributed by atoms with van der Waals surface area (Å²) in [6.45, 7) is 2.04. The average molecular weight is 325 g/mol. The molecule has 0 fully saturated rings. The molecule has 23 heavy (non-hydrogen) atoms. The smallest absolute Gasteiger partial charge is 0.0497 e. The van der Waals surface area contributed by atoms with Gasteiger partial charge in [-0.15, -0.1) is 0 Å². The van der Waals surface area contributed by atoms with Gasteiger partial charge in [0.2, 0.25) is 0 Å². The quantitative estimate of drug-likeness (QED) is 0.675. The van der Waals surface area contributed by atoms with Gasteiger partial charge in [-0.3, -0.25) is 4.90 Å². The minimum Gasteiger partial charge on any atom is -0.343 e. The van der Waals surface area contributed by atoms with Crippen molar-refractivity contribution in [3.8, 4) is 0 Å². The highest BCUT2D eigenvalue weighted by Gasteiger charge is 2.23. The molecule has 0 amide bonds. The number of rotatable bonds is 3. The molecule has 1 atom stereocenters. The summed E-state index contributed by atoms with van der Waals surface area (Å²) in [6, 6.07) is 19.8. The van der Waals surface area contributed by atoms with Crippen molar-refractivity contribution in [1.82, 2.24) is 9.47 Å². The Kier molecular flexibility index (Phi) is 3.88. The van der Waals surface area contributed by atoms with E-state index in [1.165, 1.54) is 28.6 Å². The number of aromatic nitrogens is 1. The molecule has 0 bridgehead atoms. The average Bonchev–Trinajstić information content (AvgIpc) is 2.93. The Morgan fingerprint density at radius 3 is 2.78 bits per heavy atom. The van der Waals surface area contributed by atoms with E-state index in [0.717, 1.165) is 24.5 Å². The van der Waals surface area contributed by atoms with Gasteiger partial charge in [-0.05, 0) is 49.0 Å². The highest BCUT2D eigenvalue weighted by Crippen LogP contribution is 2.29. The van der Waals surface area contributed by atoms with E-state index in [9.17, 15) is 0 Å². The first-order valence-corrected chi connectivity index (χ1v) is 8.60. The maximum atomic E-state index is 6.20. The normalized spacial score (nSPS) is 17.6. The first-order chi connectivity index (χ1) is 11.2. The lowest BCUT2D eigenvalue weighted by Crippen LogP contribution is -2.38. The third kappa shape index (κ3) is 2.89. The third-order valence-electron chi connectivity index (χ3n) is 4.98. The largest absolute Gasteiger partial charge is 0.343 e. The zero-order valence-electron chi connectivity index (χ0n) is 13.4. The molecule has 1 aliphatic rings. The minimum atomic E-state index is 0.567. The fourth-order valence-electron chi connectivity index (χ4n) is 3.68. The standard InChI is InChI=1S/C20H21ClN2/c1-22(13-15-5-3-2-4-6-15)19-10-9-18-11-16-7-8-17(21)12-20(16)23(18)14-19/h2-8,11-12,19H,9-10,13-14H2,1H3. The molecule has 2 aromatic carbocycles. The first-order valence-electron chi connectivity index (χ1n) is 8.22. The molecular formula is C20H21ClN2. The van der Waals surface area contributed by atoms with Crippen LogP contribution in [-0.4, -0.2) is 22.6 Å². The van der Waals surface area contributed by atoms with Gasteiger partial charge in [-0.25, -0.2) is 0 Å². The number of hydrogen-bond acceptors (Lipinski definition) is 1. The molecule has 2 nitrogen and oxygen atoms in total. The Bertz CT molecular complexity index is 822. The van der Waals surface area contributed by atoms with Gasteiger partial charge in [0.25, 0.3) is 0 Å². The summed E-state index contributed by atoms with van der Waals surface area (Å²) in [5.74, 6) is 0. The maximum absolute atomic E-state index is 6.20. The fourth-order valence-corrected chi connectivity index (χ4v) is 3.85. The Morgan fingerprint density at radius 1 is 1.13 bits per heavy atom. The lowest BCUT2D eigenvalue weighted by Gasteiger charge is -2.33. The van der Waals surface area contributed by atoms with E-state index in [4.69, 9.17) is 11.6 Å². The number of hydrogen-bond donors (Lipinski definition) is 0. The Balaban J connectivity index is 1.58. The number of halogens is 1. The van der Waals surface area contributed by atoms with Crippen LogP contribution in [0.1, 0.15) is 17.7 Å². The van der Waals surface area contributed by atoms with Crippen LogP contribution in [0.4, 0.5) is 0 Å². The molecule has 118 valence electrons. The molecule has 1 aromatic heterocycles. The second-order valence-electron chi connectivity index (χ2n) is 6.54. The summed E-state index contributed by atoms with van der Waals surface area (Å²) in [4.78, 5) is 2.48. The predicted octanol–water partition coefficient (Wildman–Crippen LogP) is 4.74. The lowest BCUT2D eigenvalue weighted by atomic mass is 10.0. The van der Waals surface area contributed by atoms with Crippen LogP contribution in [0.15, 0.2) is 54.6 Å². The molecule has 2 heterocycles. The number of fused-ring (bicyclic) bond motifs is 3. The van der Waals surface area contributed by atoms with Crippen LogP contribution in [0.3, 0.4) is 0 Å². The van der Waals surface area contributed by atoms with E-state index in [2.05, 4.69) is 65.0 Å². The lowest BCUT2D eigenvalue weighted by molar-refractivity contribution is 0.188. The molecule has 0 radical (unpaired) electrons. The van der Waals surface area contributed by atoms with E-state index in [1.807, 2.05) is 6.07 Å². The van der Waals surface area contributed by atoms with Crippen LogP contribution in [-0.2, 0) is 19.5 Å². The van der Waals surface area contributed by atoms with E-state index in [1.54, 1.807) is 0 Å². The van der Waals surface area contributed by atoms with Gasteiger partial charge >= 0.3 is 0 Å². The van der Waals surface area contributed by atoms with E-state index in [0.29, 0.717) is 6.04 Å². The Morgan fingerprint density at radius 2 is 1.96 bits per heavy atom. The monoisotopic (exact) mass is 324 g/mol. The predicted molar refractivity (Wildman–Crippen MR) is 97.0 cm³/mol. The molecule has 3 heteroatoms. The van der Waals surface area contributed by atoms with Crippen molar-refractivity contribution in [2.75, 3.05) is 7.05 Å². The molecular weight excluding hydrogens is 304 g/mol. The Labute approximate surface area is 142 Å². The molecule has 0 aliphatic carbocycles. The second-order valence-corrected chi connectivity index (χ2v) is 6.98. The maximum Gasteiger partial charge on any atom is 0.0497 e. The van der Waals surface area contributed by atoms with E-state index < -0.39 is 0 Å². The molecule has 0 N–H and O–H groups in total. The van der Waals surface area contributed by atoms with Crippen LogP contribution in [0.2, 0.25) is 5.02 Å².